The molecule has 1 aliphatic rings. The lowest BCUT2D eigenvalue weighted by molar-refractivity contribution is -0.123. The van der Waals surface area contributed by atoms with E-state index in [1.165, 1.54) is 24.7 Å². The largest absolute Gasteiger partial charge is 0.495 e. The summed E-state index contributed by atoms with van der Waals surface area (Å²) in [5.41, 5.74) is 3.53. The first-order valence-electron chi connectivity index (χ1n) is 8.85. The van der Waals surface area contributed by atoms with Gasteiger partial charge in [-0.1, -0.05) is 18.2 Å². The highest BCUT2D eigenvalue weighted by Gasteiger charge is 2.21. The second kappa shape index (κ2) is 8.04. The maximum absolute atomic E-state index is 12.4. The van der Waals surface area contributed by atoms with Gasteiger partial charge in [0, 0.05) is 0 Å². The number of benzene rings is 2. The molecule has 5 heteroatoms. The number of ether oxygens (including phenoxy) is 2. The van der Waals surface area contributed by atoms with E-state index in [4.69, 9.17) is 9.47 Å². The van der Waals surface area contributed by atoms with Crippen molar-refractivity contribution in [1.29, 1.82) is 0 Å². The number of nitrogens with one attached hydrogen (secondary N) is 1. The first-order valence-corrected chi connectivity index (χ1v) is 8.85. The zero-order valence-corrected chi connectivity index (χ0v) is 15.1. The van der Waals surface area contributed by atoms with Gasteiger partial charge >= 0.3 is 5.97 Å². The van der Waals surface area contributed by atoms with Crippen LogP contribution < -0.4 is 10.1 Å². The average molecular weight is 353 g/mol. The summed E-state index contributed by atoms with van der Waals surface area (Å²) >= 11 is 0. The molecule has 0 bridgehead atoms. The molecule has 1 atom stereocenters. The van der Waals surface area contributed by atoms with Gasteiger partial charge < -0.3 is 14.8 Å². The molecule has 2 aromatic rings. The maximum Gasteiger partial charge on any atom is 0.338 e. The highest BCUT2D eigenvalue weighted by atomic mass is 16.5. The molecular formula is C21H23NO4. The predicted molar refractivity (Wildman–Crippen MR) is 99.6 cm³/mol. The van der Waals surface area contributed by atoms with E-state index >= 15 is 0 Å². The first kappa shape index (κ1) is 18.0. The second-order valence-corrected chi connectivity index (χ2v) is 6.43. The van der Waals surface area contributed by atoms with Gasteiger partial charge in [-0.2, -0.15) is 0 Å². The van der Waals surface area contributed by atoms with Crippen LogP contribution in [0.1, 0.15) is 41.3 Å². The van der Waals surface area contributed by atoms with E-state index in [0.29, 0.717) is 17.0 Å². The Hall–Kier alpha value is -2.82. The van der Waals surface area contributed by atoms with Crippen LogP contribution in [0.5, 0.6) is 5.75 Å². The fraction of sp³-hybridized carbons (Fsp3) is 0.333. The van der Waals surface area contributed by atoms with E-state index in [1.807, 2.05) is 18.2 Å². The number of fused-ring (bicyclic) bond motifs is 1. The number of aryl methyl sites for hydroxylation is 2. The fourth-order valence-electron chi connectivity index (χ4n) is 3.12. The van der Waals surface area contributed by atoms with Crippen molar-refractivity contribution in [3.05, 3.63) is 59.2 Å². The molecule has 1 N–H and O–H groups in total. The van der Waals surface area contributed by atoms with E-state index in [-0.39, 0.29) is 0 Å². The smallest absolute Gasteiger partial charge is 0.338 e. The van der Waals surface area contributed by atoms with Crippen LogP contribution in [0.25, 0.3) is 0 Å². The minimum absolute atomic E-state index is 0.402. The summed E-state index contributed by atoms with van der Waals surface area (Å²) in [7, 11) is 1.53. The molecule has 0 spiro atoms. The second-order valence-electron chi connectivity index (χ2n) is 6.43. The quantitative estimate of drug-likeness (QED) is 0.832. The van der Waals surface area contributed by atoms with Crippen molar-refractivity contribution in [2.75, 3.05) is 12.4 Å². The molecule has 0 aromatic heterocycles. The Kier molecular flexibility index (Phi) is 5.56. The van der Waals surface area contributed by atoms with E-state index in [0.717, 1.165) is 19.3 Å². The molecule has 5 nitrogen and oxygen atoms in total. The molecule has 0 unspecified atom stereocenters. The predicted octanol–water partition coefficient (Wildman–Crippen LogP) is 3.76. The third kappa shape index (κ3) is 4.04. The van der Waals surface area contributed by atoms with Crippen LogP contribution in [0.4, 0.5) is 5.69 Å². The standard InChI is InChI=1S/C21H23NO4/c1-14(20(23)22-18-9-5-6-10-19(18)25-2)26-21(24)17-12-11-15-7-3-4-8-16(15)13-17/h5-6,9-14H,3-4,7-8H2,1-2H3,(H,22,23)/t14-/m0/s1. The molecule has 2 aromatic carbocycles. The molecule has 0 aliphatic heterocycles. The Labute approximate surface area is 153 Å². The SMILES string of the molecule is COc1ccccc1NC(=O)[C@H](C)OC(=O)c1ccc2c(c1)CCCC2. The Bertz CT molecular complexity index is 815. The van der Waals surface area contributed by atoms with Crippen LogP contribution in [0, 0.1) is 0 Å². The van der Waals surface area contributed by atoms with Gasteiger partial charge in [-0.3, -0.25) is 4.79 Å². The molecule has 0 heterocycles. The van der Waals surface area contributed by atoms with Gasteiger partial charge in [0.05, 0.1) is 18.4 Å². The maximum atomic E-state index is 12.4. The van der Waals surface area contributed by atoms with E-state index in [9.17, 15) is 9.59 Å². The summed E-state index contributed by atoms with van der Waals surface area (Å²) in [6, 6.07) is 12.7. The Morgan fingerprint density at radius 1 is 1.04 bits per heavy atom. The van der Waals surface area contributed by atoms with Crippen LogP contribution in [-0.4, -0.2) is 25.1 Å². The lowest BCUT2D eigenvalue weighted by atomic mass is 9.90. The zero-order valence-electron chi connectivity index (χ0n) is 15.1. The third-order valence-electron chi connectivity index (χ3n) is 4.60. The number of esters is 1. The van der Waals surface area contributed by atoms with Gasteiger partial charge in [-0.25, -0.2) is 4.79 Å². The van der Waals surface area contributed by atoms with Crippen LogP contribution >= 0.6 is 0 Å². The number of hydrogen-bond acceptors (Lipinski definition) is 4. The summed E-state index contributed by atoms with van der Waals surface area (Å²) in [4.78, 5) is 24.7. The van der Waals surface area contributed by atoms with Gasteiger partial charge in [0.15, 0.2) is 6.10 Å². The van der Waals surface area contributed by atoms with Crippen molar-refractivity contribution >= 4 is 17.6 Å². The Balaban J connectivity index is 1.64. The van der Waals surface area contributed by atoms with Crippen LogP contribution in [0.3, 0.4) is 0 Å². The molecule has 0 saturated carbocycles. The van der Waals surface area contributed by atoms with Crippen molar-refractivity contribution in [2.24, 2.45) is 0 Å². The number of para-hydroxylation sites is 2. The molecule has 0 radical (unpaired) electrons. The number of anilines is 1. The number of carbonyl (C=O) groups excluding carboxylic acids is 2. The lowest BCUT2D eigenvalue weighted by Gasteiger charge is -2.18. The first-order chi connectivity index (χ1) is 12.6. The molecule has 1 aliphatic carbocycles. The van der Waals surface area contributed by atoms with E-state index < -0.39 is 18.0 Å². The molecule has 0 fully saturated rings. The van der Waals surface area contributed by atoms with E-state index in [2.05, 4.69) is 5.32 Å². The van der Waals surface area contributed by atoms with Gasteiger partial charge in [0.25, 0.3) is 5.91 Å². The summed E-state index contributed by atoms with van der Waals surface area (Å²) in [5.74, 6) is -0.337. The van der Waals surface area contributed by atoms with Crippen LogP contribution in [-0.2, 0) is 22.4 Å². The minimum atomic E-state index is -0.913. The highest BCUT2D eigenvalue weighted by molar-refractivity contribution is 5.98. The fourth-order valence-corrected chi connectivity index (χ4v) is 3.12. The monoisotopic (exact) mass is 353 g/mol. The number of rotatable bonds is 5. The number of hydrogen-bond donors (Lipinski definition) is 1. The molecule has 0 saturated heterocycles. The third-order valence-corrected chi connectivity index (χ3v) is 4.60. The van der Waals surface area contributed by atoms with Gasteiger partial charge in [0.1, 0.15) is 5.75 Å². The summed E-state index contributed by atoms with van der Waals surface area (Å²) < 4.78 is 10.5. The van der Waals surface area contributed by atoms with E-state index in [1.54, 1.807) is 31.2 Å². The van der Waals surface area contributed by atoms with Crippen molar-refractivity contribution in [2.45, 2.75) is 38.7 Å². The number of methoxy groups -OCH3 is 1. The van der Waals surface area contributed by atoms with Crippen molar-refractivity contribution in [1.82, 2.24) is 0 Å². The van der Waals surface area contributed by atoms with Gasteiger partial charge in [-0.15, -0.1) is 0 Å². The average Bonchev–Trinajstić information content (AvgIpc) is 2.67. The number of amides is 1. The lowest BCUT2D eigenvalue weighted by Crippen LogP contribution is -2.30. The summed E-state index contributed by atoms with van der Waals surface area (Å²) in [6.45, 7) is 1.56. The van der Waals surface area contributed by atoms with Crippen LogP contribution in [0.15, 0.2) is 42.5 Å². The van der Waals surface area contributed by atoms with Crippen molar-refractivity contribution in [3.63, 3.8) is 0 Å². The molecule has 26 heavy (non-hydrogen) atoms. The molecule has 136 valence electrons. The Morgan fingerprint density at radius 3 is 2.54 bits per heavy atom. The summed E-state index contributed by atoms with van der Waals surface area (Å²) in [6.07, 6.45) is 3.46. The van der Waals surface area contributed by atoms with Gasteiger partial charge in [0.2, 0.25) is 0 Å². The van der Waals surface area contributed by atoms with Crippen LogP contribution in [0.2, 0.25) is 0 Å². The normalized spacial score (nSPS) is 14.1. The minimum Gasteiger partial charge on any atom is -0.495 e. The Morgan fingerprint density at radius 2 is 1.77 bits per heavy atom. The molecule has 1 amide bonds. The molecular weight excluding hydrogens is 330 g/mol. The van der Waals surface area contributed by atoms with Gasteiger partial charge in [-0.05, 0) is 68.0 Å². The number of carbonyl (C=O) groups is 2. The zero-order chi connectivity index (χ0) is 18.5. The summed E-state index contributed by atoms with van der Waals surface area (Å²) in [5, 5.41) is 2.73. The highest BCUT2D eigenvalue weighted by Crippen LogP contribution is 2.24. The molecule has 3 rings (SSSR count). The van der Waals surface area contributed by atoms with Crippen molar-refractivity contribution < 1.29 is 19.1 Å². The topological polar surface area (TPSA) is 64.6 Å². The van der Waals surface area contributed by atoms with Crippen molar-refractivity contribution in [3.8, 4) is 5.75 Å².